The average molecular weight is 231 g/mol. The van der Waals surface area contributed by atoms with Crippen LogP contribution in [0.4, 0.5) is 0 Å². The Balaban J connectivity index is 2.76. The summed E-state index contributed by atoms with van der Waals surface area (Å²) in [6.07, 6.45) is 1.14. The highest BCUT2D eigenvalue weighted by atomic mass is 35.5. The Morgan fingerprint density at radius 2 is 2.21 bits per heavy atom. The molecule has 0 heterocycles. The second-order valence-corrected chi connectivity index (χ2v) is 5.17. The second-order valence-electron chi connectivity index (χ2n) is 3.25. The van der Waals surface area contributed by atoms with E-state index >= 15 is 0 Å². The van der Waals surface area contributed by atoms with E-state index in [4.69, 9.17) is 16.7 Å². The fourth-order valence-corrected chi connectivity index (χ4v) is 2.31. The van der Waals surface area contributed by atoms with Crippen molar-refractivity contribution in [3.05, 3.63) is 28.8 Å². The Hall–Kier alpha value is -0.180. The van der Waals surface area contributed by atoms with E-state index in [1.54, 1.807) is 0 Å². The maximum absolute atomic E-state index is 8.95. The van der Waals surface area contributed by atoms with E-state index in [1.807, 2.05) is 30.0 Å². The van der Waals surface area contributed by atoms with Crippen LogP contribution in [-0.4, -0.2) is 10.4 Å². The maximum atomic E-state index is 8.95. The first-order chi connectivity index (χ1) is 6.67. The number of aliphatic hydroxyl groups is 1. The summed E-state index contributed by atoms with van der Waals surface area (Å²) in [5, 5.41) is 10.2. The van der Waals surface area contributed by atoms with Gasteiger partial charge in [0.1, 0.15) is 0 Å². The monoisotopic (exact) mass is 230 g/mol. The lowest BCUT2D eigenvalue weighted by molar-refractivity contribution is 0.282. The van der Waals surface area contributed by atoms with Crippen LogP contribution in [0.25, 0.3) is 0 Å². The van der Waals surface area contributed by atoms with E-state index in [9.17, 15) is 0 Å². The lowest BCUT2D eigenvalue weighted by Crippen LogP contribution is -1.92. The molecule has 1 rings (SSSR count). The molecule has 0 radical (unpaired) electrons. The highest BCUT2D eigenvalue weighted by Crippen LogP contribution is 2.28. The fraction of sp³-hybridized carbons (Fsp3) is 0.455. The van der Waals surface area contributed by atoms with Gasteiger partial charge in [0, 0.05) is 15.2 Å². The Kier molecular flexibility index (Phi) is 4.79. The van der Waals surface area contributed by atoms with Gasteiger partial charge in [0.2, 0.25) is 0 Å². The Morgan fingerprint density at radius 3 is 2.71 bits per heavy atom. The van der Waals surface area contributed by atoms with Gasteiger partial charge in [-0.2, -0.15) is 0 Å². The molecule has 1 aromatic rings. The van der Waals surface area contributed by atoms with Gasteiger partial charge < -0.3 is 5.11 Å². The molecule has 0 saturated carbocycles. The number of halogens is 1. The molecule has 0 fully saturated rings. The zero-order chi connectivity index (χ0) is 10.6. The highest BCUT2D eigenvalue weighted by molar-refractivity contribution is 7.99. The topological polar surface area (TPSA) is 20.2 Å². The van der Waals surface area contributed by atoms with Crippen molar-refractivity contribution in [3.63, 3.8) is 0 Å². The van der Waals surface area contributed by atoms with Gasteiger partial charge in [0.15, 0.2) is 0 Å². The molecule has 14 heavy (non-hydrogen) atoms. The summed E-state index contributed by atoms with van der Waals surface area (Å²) >= 11 is 7.79. The van der Waals surface area contributed by atoms with E-state index in [1.165, 1.54) is 4.90 Å². The molecule has 1 unspecified atom stereocenters. The van der Waals surface area contributed by atoms with Crippen LogP contribution >= 0.6 is 23.4 Å². The van der Waals surface area contributed by atoms with Crippen LogP contribution in [0.1, 0.15) is 25.8 Å². The minimum absolute atomic E-state index is 0.00705. The largest absolute Gasteiger partial charge is 0.392 e. The normalized spacial score (nSPS) is 12.9. The van der Waals surface area contributed by atoms with E-state index in [2.05, 4.69) is 13.8 Å². The molecule has 0 aliphatic carbocycles. The molecule has 0 aliphatic heterocycles. The van der Waals surface area contributed by atoms with E-state index in [-0.39, 0.29) is 6.61 Å². The van der Waals surface area contributed by atoms with Gasteiger partial charge >= 0.3 is 0 Å². The molecular weight excluding hydrogens is 216 g/mol. The van der Waals surface area contributed by atoms with Crippen LogP contribution in [0.15, 0.2) is 23.1 Å². The lowest BCUT2D eigenvalue weighted by Gasteiger charge is -2.09. The molecular formula is C11H15ClOS. The number of rotatable bonds is 4. The lowest BCUT2D eigenvalue weighted by atomic mass is 10.2. The van der Waals surface area contributed by atoms with Crippen molar-refractivity contribution in [2.24, 2.45) is 0 Å². The summed E-state index contributed by atoms with van der Waals surface area (Å²) in [6.45, 7) is 4.37. The summed E-state index contributed by atoms with van der Waals surface area (Å²) in [6, 6.07) is 5.81. The van der Waals surface area contributed by atoms with Crippen molar-refractivity contribution in [1.82, 2.24) is 0 Å². The molecule has 1 nitrogen and oxygen atoms in total. The SMILES string of the molecule is CCC(C)Sc1ccc(CO)c(Cl)c1. The third-order valence-corrected chi connectivity index (χ3v) is 3.72. The van der Waals surface area contributed by atoms with Crippen LogP contribution < -0.4 is 0 Å². The van der Waals surface area contributed by atoms with Crippen LogP contribution in [0.3, 0.4) is 0 Å². The molecule has 0 aromatic heterocycles. The summed E-state index contributed by atoms with van der Waals surface area (Å²) in [7, 11) is 0. The van der Waals surface area contributed by atoms with Gasteiger partial charge in [-0.1, -0.05) is 31.5 Å². The van der Waals surface area contributed by atoms with E-state index in [0.717, 1.165) is 12.0 Å². The van der Waals surface area contributed by atoms with Crippen molar-refractivity contribution in [1.29, 1.82) is 0 Å². The van der Waals surface area contributed by atoms with Crippen molar-refractivity contribution in [2.75, 3.05) is 0 Å². The van der Waals surface area contributed by atoms with Crippen LogP contribution in [0.5, 0.6) is 0 Å². The molecule has 0 spiro atoms. The van der Waals surface area contributed by atoms with E-state index in [0.29, 0.717) is 10.3 Å². The van der Waals surface area contributed by atoms with Crippen molar-refractivity contribution >= 4 is 23.4 Å². The molecule has 1 N–H and O–H groups in total. The number of benzene rings is 1. The summed E-state index contributed by atoms with van der Waals surface area (Å²) < 4.78 is 0. The van der Waals surface area contributed by atoms with E-state index < -0.39 is 0 Å². The predicted molar refractivity (Wildman–Crippen MR) is 63.0 cm³/mol. The van der Waals surface area contributed by atoms with Gasteiger partial charge in [-0.3, -0.25) is 0 Å². The molecule has 1 aromatic carbocycles. The van der Waals surface area contributed by atoms with Crippen LogP contribution in [-0.2, 0) is 6.61 Å². The first-order valence-corrected chi connectivity index (χ1v) is 5.99. The molecule has 0 amide bonds. The van der Waals surface area contributed by atoms with Crippen LogP contribution in [0.2, 0.25) is 5.02 Å². The number of hydrogen-bond donors (Lipinski definition) is 1. The van der Waals surface area contributed by atoms with Gasteiger partial charge in [-0.15, -0.1) is 11.8 Å². The molecule has 0 saturated heterocycles. The van der Waals surface area contributed by atoms with Gasteiger partial charge in [0.05, 0.1) is 6.61 Å². The summed E-state index contributed by atoms with van der Waals surface area (Å²) in [4.78, 5) is 1.17. The van der Waals surface area contributed by atoms with Crippen molar-refractivity contribution in [2.45, 2.75) is 37.0 Å². The van der Waals surface area contributed by atoms with Crippen LogP contribution in [0, 0.1) is 0 Å². The molecule has 0 aliphatic rings. The third kappa shape index (κ3) is 3.19. The smallest absolute Gasteiger partial charge is 0.0696 e. The quantitative estimate of drug-likeness (QED) is 0.796. The van der Waals surface area contributed by atoms with Gasteiger partial charge in [0.25, 0.3) is 0 Å². The standard InChI is InChI=1S/C11H15ClOS/c1-3-8(2)14-10-5-4-9(7-13)11(12)6-10/h4-6,8,13H,3,7H2,1-2H3. The number of thioether (sulfide) groups is 1. The summed E-state index contributed by atoms with van der Waals surface area (Å²) in [5.41, 5.74) is 0.792. The zero-order valence-electron chi connectivity index (χ0n) is 8.46. The molecule has 3 heteroatoms. The first-order valence-electron chi connectivity index (χ1n) is 4.73. The predicted octanol–water partition coefficient (Wildman–Crippen LogP) is 3.72. The Labute approximate surface area is 94.5 Å². The first kappa shape index (κ1) is 11.9. The van der Waals surface area contributed by atoms with Crippen molar-refractivity contribution in [3.8, 4) is 0 Å². The zero-order valence-corrected chi connectivity index (χ0v) is 10.0. The maximum Gasteiger partial charge on any atom is 0.0696 e. The van der Waals surface area contributed by atoms with Gasteiger partial charge in [-0.05, 0) is 24.1 Å². The number of aliphatic hydroxyl groups excluding tert-OH is 1. The second kappa shape index (κ2) is 5.64. The minimum atomic E-state index is 0.00705. The Bertz CT molecular complexity index is 301. The van der Waals surface area contributed by atoms with Gasteiger partial charge in [-0.25, -0.2) is 0 Å². The average Bonchev–Trinajstić information content (AvgIpc) is 2.18. The Morgan fingerprint density at radius 1 is 1.50 bits per heavy atom. The molecule has 1 atom stereocenters. The minimum Gasteiger partial charge on any atom is -0.392 e. The van der Waals surface area contributed by atoms with Crippen molar-refractivity contribution < 1.29 is 5.11 Å². The molecule has 0 bridgehead atoms. The third-order valence-electron chi connectivity index (χ3n) is 2.11. The highest BCUT2D eigenvalue weighted by Gasteiger charge is 2.04. The summed E-state index contributed by atoms with van der Waals surface area (Å²) in [5.74, 6) is 0. The molecule has 78 valence electrons. The number of hydrogen-bond acceptors (Lipinski definition) is 2. The fourth-order valence-electron chi connectivity index (χ4n) is 1.05.